The van der Waals surface area contributed by atoms with E-state index in [1.54, 1.807) is 0 Å². The van der Waals surface area contributed by atoms with E-state index in [2.05, 4.69) is 76.2 Å². The molecule has 0 aromatic heterocycles. The number of aliphatic hydroxyl groups is 2. The summed E-state index contributed by atoms with van der Waals surface area (Å²) in [5, 5.41) is 22.4. The molecule has 0 bridgehead atoms. The summed E-state index contributed by atoms with van der Waals surface area (Å²) in [6.45, 7) is 30.8. The molecule has 30 heavy (non-hydrogen) atoms. The fourth-order valence-electron chi connectivity index (χ4n) is 6.73. The van der Waals surface area contributed by atoms with Crippen molar-refractivity contribution in [2.45, 2.75) is 140 Å². The number of hydrogen-bond donors (Lipinski definition) is 3. The second kappa shape index (κ2) is 9.40. The average Bonchev–Trinajstić information content (AvgIpc) is 2.36. The smallest absolute Gasteiger partial charge is 0.0852 e. The molecule has 0 aromatic rings. The Labute approximate surface area is 189 Å². The number of rotatable bonds is 11. The summed E-state index contributed by atoms with van der Waals surface area (Å²) in [5.41, 5.74) is 5.99. The van der Waals surface area contributed by atoms with Crippen molar-refractivity contribution in [3.8, 4) is 0 Å². The first-order valence-electron chi connectivity index (χ1n) is 12.0. The predicted octanol–water partition coefficient (Wildman–Crippen LogP) is 6.79. The molecular weight excluding hydrogens is 370 g/mol. The van der Waals surface area contributed by atoms with E-state index in [4.69, 9.17) is 5.73 Å². The Kier molecular flexibility index (Phi) is 9.36. The molecular formula is C27H57NO2. The van der Waals surface area contributed by atoms with Crippen LogP contribution in [0.2, 0.25) is 0 Å². The highest BCUT2D eigenvalue weighted by Gasteiger charge is 2.45. The summed E-state index contributed by atoms with van der Waals surface area (Å²) in [6.07, 6.45) is 2.34. The van der Waals surface area contributed by atoms with E-state index in [0.29, 0.717) is 5.41 Å². The first-order valence-corrected chi connectivity index (χ1v) is 12.0. The molecule has 0 spiro atoms. The van der Waals surface area contributed by atoms with Crippen LogP contribution in [0.15, 0.2) is 0 Å². The van der Waals surface area contributed by atoms with E-state index in [1.165, 1.54) is 0 Å². The van der Waals surface area contributed by atoms with Gasteiger partial charge in [-0.25, -0.2) is 0 Å². The second-order valence-electron chi connectivity index (χ2n) is 15.3. The molecule has 3 heteroatoms. The molecule has 0 aromatic carbocycles. The summed E-state index contributed by atoms with van der Waals surface area (Å²) in [4.78, 5) is 0. The van der Waals surface area contributed by atoms with Crippen molar-refractivity contribution < 1.29 is 10.2 Å². The van der Waals surface area contributed by atoms with Crippen molar-refractivity contribution in [2.24, 2.45) is 38.7 Å². The minimum absolute atomic E-state index is 0.0601. The van der Waals surface area contributed by atoms with Gasteiger partial charge in [0.1, 0.15) is 0 Å². The van der Waals surface area contributed by atoms with Crippen LogP contribution in [0.4, 0.5) is 0 Å². The highest BCUT2D eigenvalue weighted by molar-refractivity contribution is 4.96. The van der Waals surface area contributed by atoms with Gasteiger partial charge < -0.3 is 15.9 Å². The lowest BCUT2D eigenvalue weighted by Crippen LogP contribution is -2.50. The van der Waals surface area contributed by atoms with Gasteiger partial charge in [0.15, 0.2) is 0 Å². The lowest BCUT2D eigenvalue weighted by atomic mass is 9.61. The lowest BCUT2D eigenvalue weighted by Gasteiger charge is -2.47. The van der Waals surface area contributed by atoms with Crippen molar-refractivity contribution >= 4 is 0 Å². The van der Waals surface area contributed by atoms with Crippen molar-refractivity contribution in [3.05, 3.63) is 0 Å². The van der Waals surface area contributed by atoms with E-state index in [-0.39, 0.29) is 33.1 Å². The zero-order chi connectivity index (χ0) is 24.6. The van der Waals surface area contributed by atoms with Crippen LogP contribution >= 0.6 is 0 Å². The first kappa shape index (κ1) is 29.9. The van der Waals surface area contributed by atoms with E-state index < -0.39 is 12.2 Å². The Morgan fingerprint density at radius 3 is 1.37 bits per heavy atom. The maximum Gasteiger partial charge on any atom is 0.0852 e. The van der Waals surface area contributed by atoms with Crippen molar-refractivity contribution in [1.29, 1.82) is 0 Å². The van der Waals surface area contributed by atoms with Gasteiger partial charge in [-0.2, -0.15) is 0 Å². The predicted molar refractivity (Wildman–Crippen MR) is 132 cm³/mol. The van der Waals surface area contributed by atoms with Gasteiger partial charge in [-0.1, -0.05) is 83.1 Å². The van der Waals surface area contributed by atoms with Crippen LogP contribution in [0.1, 0.15) is 123 Å². The number of hydrogen-bond acceptors (Lipinski definition) is 3. The summed E-state index contributed by atoms with van der Waals surface area (Å²) in [7, 11) is 0. The first-order chi connectivity index (χ1) is 12.8. The SMILES string of the molecule is CC(C(O)C(O)C(C)(C)CC(C)(C)CC(C)(C)CC(C)(C)C)C(C)(C)CC(C)(C)N. The molecule has 0 amide bonds. The van der Waals surface area contributed by atoms with E-state index >= 15 is 0 Å². The lowest BCUT2D eigenvalue weighted by molar-refractivity contribution is -0.110. The Morgan fingerprint density at radius 1 is 0.600 bits per heavy atom. The molecule has 3 unspecified atom stereocenters. The molecule has 0 heterocycles. The maximum absolute atomic E-state index is 11.2. The summed E-state index contributed by atoms with van der Waals surface area (Å²) in [6, 6.07) is 0. The van der Waals surface area contributed by atoms with Crippen LogP contribution in [0.3, 0.4) is 0 Å². The topological polar surface area (TPSA) is 66.5 Å². The molecule has 0 rings (SSSR count). The molecule has 0 saturated heterocycles. The van der Waals surface area contributed by atoms with Crippen molar-refractivity contribution in [3.63, 3.8) is 0 Å². The van der Waals surface area contributed by atoms with Gasteiger partial charge in [0, 0.05) is 5.54 Å². The Hall–Kier alpha value is -0.120. The largest absolute Gasteiger partial charge is 0.390 e. The fourth-order valence-corrected chi connectivity index (χ4v) is 6.73. The van der Waals surface area contributed by atoms with E-state index in [9.17, 15) is 10.2 Å². The quantitative estimate of drug-likeness (QED) is 0.340. The normalized spacial score (nSPS) is 18.3. The molecule has 0 aliphatic carbocycles. The molecule has 182 valence electrons. The van der Waals surface area contributed by atoms with Crippen LogP contribution in [0.25, 0.3) is 0 Å². The molecule has 0 aliphatic heterocycles. The number of nitrogens with two attached hydrogens (primary N) is 1. The molecule has 0 fully saturated rings. The van der Waals surface area contributed by atoms with Gasteiger partial charge in [0.2, 0.25) is 0 Å². The van der Waals surface area contributed by atoms with Gasteiger partial charge in [-0.3, -0.25) is 0 Å². The standard InChI is InChI=1S/C27H57NO2/c1-19(25(9,10)18-27(13,14)28)20(29)21(30)26(11,12)17-24(7,8)16-23(5,6)15-22(2,3)4/h19-21,29-30H,15-18,28H2,1-14H3. The van der Waals surface area contributed by atoms with E-state index in [1.807, 2.05) is 20.8 Å². The highest BCUT2D eigenvalue weighted by Crippen LogP contribution is 2.48. The molecule has 4 N–H and O–H groups in total. The Balaban J connectivity index is 5.37. The van der Waals surface area contributed by atoms with Gasteiger partial charge in [0.25, 0.3) is 0 Å². The van der Waals surface area contributed by atoms with Gasteiger partial charge in [-0.15, -0.1) is 0 Å². The second-order valence-corrected chi connectivity index (χ2v) is 15.3. The molecule has 0 saturated carbocycles. The van der Waals surface area contributed by atoms with Gasteiger partial charge in [-0.05, 0) is 72.5 Å². The summed E-state index contributed by atoms with van der Waals surface area (Å²) >= 11 is 0. The third-order valence-corrected chi connectivity index (χ3v) is 6.68. The third-order valence-electron chi connectivity index (χ3n) is 6.68. The van der Waals surface area contributed by atoms with Crippen LogP contribution in [-0.2, 0) is 0 Å². The van der Waals surface area contributed by atoms with Crippen LogP contribution in [-0.4, -0.2) is 28.0 Å². The zero-order valence-corrected chi connectivity index (χ0v) is 23.0. The fraction of sp³-hybridized carbons (Fsp3) is 1.00. The highest BCUT2D eigenvalue weighted by atomic mass is 16.3. The third kappa shape index (κ3) is 10.5. The monoisotopic (exact) mass is 427 g/mol. The minimum atomic E-state index is -0.782. The number of aliphatic hydroxyl groups excluding tert-OH is 2. The van der Waals surface area contributed by atoms with E-state index in [0.717, 1.165) is 25.7 Å². The van der Waals surface area contributed by atoms with Crippen LogP contribution in [0.5, 0.6) is 0 Å². The molecule has 3 nitrogen and oxygen atoms in total. The van der Waals surface area contributed by atoms with Gasteiger partial charge in [0.05, 0.1) is 12.2 Å². The van der Waals surface area contributed by atoms with Gasteiger partial charge >= 0.3 is 0 Å². The van der Waals surface area contributed by atoms with Crippen LogP contribution < -0.4 is 5.73 Å². The average molecular weight is 428 g/mol. The summed E-state index contributed by atoms with van der Waals surface area (Å²) < 4.78 is 0. The maximum atomic E-state index is 11.2. The van der Waals surface area contributed by atoms with Crippen molar-refractivity contribution in [2.75, 3.05) is 0 Å². The molecule has 0 aliphatic rings. The minimum Gasteiger partial charge on any atom is -0.390 e. The van der Waals surface area contributed by atoms with Crippen molar-refractivity contribution in [1.82, 2.24) is 0 Å². The summed E-state index contributed by atoms with van der Waals surface area (Å²) in [5.74, 6) is -0.0601. The molecule has 3 atom stereocenters. The Bertz CT molecular complexity index is 532. The Morgan fingerprint density at radius 2 is 1.00 bits per heavy atom. The molecule has 0 radical (unpaired) electrons. The van der Waals surface area contributed by atoms with Crippen LogP contribution in [0, 0.1) is 33.0 Å². The zero-order valence-electron chi connectivity index (χ0n) is 23.0.